The number of aliphatic imine (C=N–C) groups is 1. The van der Waals surface area contributed by atoms with Crippen molar-refractivity contribution >= 4 is 17.2 Å². The number of rotatable bonds is 2. The van der Waals surface area contributed by atoms with Crippen LogP contribution in [0.3, 0.4) is 0 Å². The highest BCUT2D eigenvalue weighted by atomic mass is 15.3. The van der Waals surface area contributed by atoms with Crippen molar-refractivity contribution < 1.29 is 0 Å². The molecule has 0 saturated heterocycles. The molecule has 0 fully saturated rings. The molecule has 1 N–H and O–H groups in total. The molecule has 130 valence electrons. The molecule has 3 aliphatic rings. The van der Waals surface area contributed by atoms with Crippen LogP contribution < -0.4 is 10.2 Å². The third-order valence-corrected chi connectivity index (χ3v) is 5.55. The summed E-state index contributed by atoms with van der Waals surface area (Å²) in [5.41, 5.74) is 6.23. The van der Waals surface area contributed by atoms with Crippen LogP contribution in [0.1, 0.15) is 18.1 Å². The molecule has 26 heavy (non-hydrogen) atoms. The Kier molecular flexibility index (Phi) is 3.38. The van der Waals surface area contributed by atoms with E-state index in [0.717, 1.165) is 30.3 Å². The van der Waals surface area contributed by atoms with Crippen LogP contribution in [0, 0.1) is 0 Å². The fraction of sp³-hybridized carbons (Fsp3) is 0.227. The number of para-hydroxylation sites is 1. The van der Waals surface area contributed by atoms with Crippen molar-refractivity contribution in [2.45, 2.75) is 19.4 Å². The summed E-state index contributed by atoms with van der Waals surface area (Å²) in [6.45, 7) is 3.07. The zero-order valence-corrected chi connectivity index (χ0v) is 15.1. The van der Waals surface area contributed by atoms with E-state index < -0.39 is 0 Å². The lowest BCUT2D eigenvalue weighted by atomic mass is 10.1. The Morgan fingerprint density at radius 2 is 1.81 bits per heavy atom. The van der Waals surface area contributed by atoms with Crippen LogP contribution in [0.25, 0.3) is 5.70 Å². The van der Waals surface area contributed by atoms with Crippen LogP contribution in [0.4, 0.5) is 5.69 Å². The summed E-state index contributed by atoms with van der Waals surface area (Å²) >= 11 is 0. The van der Waals surface area contributed by atoms with Crippen molar-refractivity contribution in [2.75, 3.05) is 18.5 Å². The highest BCUT2D eigenvalue weighted by Crippen LogP contribution is 2.37. The molecule has 3 heterocycles. The number of likely N-dealkylation sites (N-methyl/N-ethyl adjacent to an activating group) is 1. The molecule has 0 amide bonds. The Morgan fingerprint density at radius 3 is 2.65 bits per heavy atom. The highest BCUT2D eigenvalue weighted by molar-refractivity contribution is 5.86. The van der Waals surface area contributed by atoms with Crippen LogP contribution in [-0.4, -0.2) is 30.4 Å². The molecule has 1 unspecified atom stereocenters. The maximum absolute atomic E-state index is 4.97. The lowest BCUT2D eigenvalue weighted by molar-refractivity contribution is 0.451. The molecule has 0 saturated carbocycles. The zero-order valence-electron chi connectivity index (χ0n) is 15.1. The predicted octanol–water partition coefficient (Wildman–Crippen LogP) is 3.59. The number of nitrogens with one attached hydrogen (secondary N) is 1. The van der Waals surface area contributed by atoms with Gasteiger partial charge in [0.25, 0.3) is 0 Å². The third kappa shape index (κ3) is 2.25. The minimum atomic E-state index is 0.200. The number of hydrogen-bond acceptors (Lipinski definition) is 4. The molecule has 3 aliphatic heterocycles. The van der Waals surface area contributed by atoms with Gasteiger partial charge >= 0.3 is 0 Å². The monoisotopic (exact) mass is 342 g/mol. The second-order valence-corrected chi connectivity index (χ2v) is 7.05. The summed E-state index contributed by atoms with van der Waals surface area (Å²) in [5.74, 6) is 2.10. The van der Waals surface area contributed by atoms with Gasteiger partial charge < -0.3 is 15.1 Å². The maximum Gasteiger partial charge on any atom is 0.157 e. The van der Waals surface area contributed by atoms with Crippen molar-refractivity contribution in [3.8, 4) is 0 Å². The maximum atomic E-state index is 4.97. The fourth-order valence-electron chi connectivity index (χ4n) is 4.04. The van der Waals surface area contributed by atoms with Crippen LogP contribution in [0.5, 0.6) is 0 Å². The quantitative estimate of drug-likeness (QED) is 0.905. The molecule has 2 aromatic carbocycles. The molecule has 0 spiro atoms. The Balaban J connectivity index is 1.59. The first-order valence-corrected chi connectivity index (χ1v) is 9.14. The van der Waals surface area contributed by atoms with E-state index in [1.54, 1.807) is 0 Å². The second-order valence-electron chi connectivity index (χ2n) is 7.05. The van der Waals surface area contributed by atoms with E-state index in [9.17, 15) is 0 Å². The van der Waals surface area contributed by atoms with E-state index in [1.807, 2.05) is 0 Å². The average Bonchev–Trinajstić information content (AvgIpc) is 3.30. The first-order chi connectivity index (χ1) is 12.7. The van der Waals surface area contributed by atoms with E-state index in [4.69, 9.17) is 4.99 Å². The lowest BCUT2D eigenvalue weighted by Crippen LogP contribution is -2.42. The molecule has 2 aromatic rings. The molecule has 0 bridgehead atoms. The van der Waals surface area contributed by atoms with E-state index in [1.165, 1.54) is 22.5 Å². The number of benzene rings is 2. The van der Waals surface area contributed by atoms with Crippen LogP contribution in [0.15, 0.2) is 77.2 Å². The van der Waals surface area contributed by atoms with Crippen molar-refractivity contribution in [1.82, 2.24) is 10.2 Å². The largest absolute Gasteiger partial charge is 0.354 e. The number of anilines is 1. The number of amidine groups is 1. The Bertz CT molecular complexity index is 955. The van der Waals surface area contributed by atoms with Gasteiger partial charge in [0, 0.05) is 25.0 Å². The number of fused-ring (bicyclic) bond motifs is 2. The molecule has 4 heteroatoms. The smallest absolute Gasteiger partial charge is 0.157 e. The van der Waals surface area contributed by atoms with Gasteiger partial charge in [0.05, 0.1) is 11.7 Å². The van der Waals surface area contributed by atoms with Gasteiger partial charge in [-0.15, -0.1) is 0 Å². The fourth-order valence-corrected chi connectivity index (χ4v) is 4.04. The van der Waals surface area contributed by atoms with Crippen LogP contribution >= 0.6 is 0 Å². The average molecular weight is 342 g/mol. The minimum Gasteiger partial charge on any atom is -0.354 e. The molecule has 0 aliphatic carbocycles. The summed E-state index contributed by atoms with van der Waals surface area (Å²) in [5, 5.41) is 3.67. The third-order valence-electron chi connectivity index (χ3n) is 5.55. The zero-order chi connectivity index (χ0) is 17.7. The van der Waals surface area contributed by atoms with E-state index in [2.05, 4.69) is 89.8 Å². The summed E-state index contributed by atoms with van der Waals surface area (Å²) in [7, 11) is 2.12. The topological polar surface area (TPSA) is 30.9 Å². The van der Waals surface area contributed by atoms with Crippen molar-refractivity contribution in [2.24, 2.45) is 4.99 Å². The Morgan fingerprint density at radius 1 is 1.04 bits per heavy atom. The van der Waals surface area contributed by atoms with Gasteiger partial charge in [0.2, 0.25) is 0 Å². The second kappa shape index (κ2) is 5.77. The molecule has 5 rings (SSSR count). The summed E-state index contributed by atoms with van der Waals surface area (Å²) < 4.78 is 0. The van der Waals surface area contributed by atoms with Gasteiger partial charge in [0.15, 0.2) is 5.82 Å². The standard InChI is InChI=1S/C22H22N4/c1-15-23-22(26-13-12-17-10-6-7-11-19(17)26)21-20(25(15)2)14-18(24-21)16-8-4-3-5-9-16/h3-11,14,20,24H,12-13H2,1-2H3. The van der Waals surface area contributed by atoms with Crippen LogP contribution in [0.2, 0.25) is 0 Å². The van der Waals surface area contributed by atoms with Gasteiger partial charge in [-0.3, -0.25) is 0 Å². The molecule has 0 aromatic heterocycles. The lowest BCUT2D eigenvalue weighted by Gasteiger charge is -2.34. The number of nitrogens with zero attached hydrogens (tertiary/aromatic N) is 3. The van der Waals surface area contributed by atoms with Crippen molar-refractivity contribution in [1.29, 1.82) is 0 Å². The van der Waals surface area contributed by atoms with E-state index in [0.29, 0.717) is 0 Å². The Labute approximate surface area is 154 Å². The molecular weight excluding hydrogens is 320 g/mol. The number of hydrogen-bond donors (Lipinski definition) is 1. The van der Waals surface area contributed by atoms with Gasteiger partial charge in [-0.05, 0) is 36.6 Å². The van der Waals surface area contributed by atoms with Crippen molar-refractivity contribution in [3.63, 3.8) is 0 Å². The SMILES string of the molecule is CC1=NC(N2CCc3ccccc32)=C2NC(c3ccccc3)=CC2N1C. The minimum absolute atomic E-state index is 0.200. The highest BCUT2D eigenvalue weighted by Gasteiger charge is 2.36. The van der Waals surface area contributed by atoms with E-state index in [-0.39, 0.29) is 6.04 Å². The van der Waals surface area contributed by atoms with Gasteiger partial charge in [-0.2, -0.15) is 0 Å². The summed E-state index contributed by atoms with van der Waals surface area (Å²) in [4.78, 5) is 9.57. The van der Waals surface area contributed by atoms with Crippen molar-refractivity contribution in [3.05, 3.63) is 83.3 Å². The Hall–Kier alpha value is -3.01. The normalized spacial score (nSPS) is 21.2. The predicted molar refractivity (Wildman–Crippen MR) is 107 cm³/mol. The van der Waals surface area contributed by atoms with Crippen LogP contribution in [-0.2, 0) is 6.42 Å². The summed E-state index contributed by atoms with van der Waals surface area (Å²) in [6, 6.07) is 19.4. The van der Waals surface area contributed by atoms with Gasteiger partial charge in [-0.25, -0.2) is 4.99 Å². The molecule has 1 atom stereocenters. The molecule has 0 radical (unpaired) electrons. The first kappa shape index (κ1) is 15.3. The summed E-state index contributed by atoms with van der Waals surface area (Å²) in [6.07, 6.45) is 3.38. The molecular formula is C22H22N4. The first-order valence-electron chi connectivity index (χ1n) is 9.14. The van der Waals surface area contributed by atoms with E-state index >= 15 is 0 Å². The molecule has 4 nitrogen and oxygen atoms in total. The van der Waals surface area contributed by atoms with Gasteiger partial charge in [0.1, 0.15) is 5.84 Å². The van der Waals surface area contributed by atoms with Gasteiger partial charge in [-0.1, -0.05) is 48.5 Å².